The number of halogens is 1. The van der Waals surface area contributed by atoms with Gasteiger partial charge >= 0.3 is 6.09 Å². The van der Waals surface area contributed by atoms with E-state index in [9.17, 15) is 4.79 Å². The highest BCUT2D eigenvalue weighted by Gasteiger charge is 2.29. The molecule has 1 saturated heterocycles. The van der Waals surface area contributed by atoms with Gasteiger partial charge in [-0.2, -0.15) is 0 Å². The molecule has 2 aliphatic rings. The Hall–Kier alpha value is -1.63. The average Bonchev–Trinajstić information content (AvgIpc) is 2.51. The normalized spacial score (nSPS) is 19.8. The monoisotopic (exact) mass is 345 g/mol. The lowest BCUT2D eigenvalue weighted by Gasteiger charge is -2.33. The van der Waals surface area contributed by atoms with E-state index < -0.39 is 0 Å². The number of ether oxygens (including phenoxy) is 3. The van der Waals surface area contributed by atoms with Crippen LogP contribution in [0.4, 0.5) is 4.79 Å². The van der Waals surface area contributed by atoms with Gasteiger partial charge in [0.2, 0.25) is 5.76 Å². The zero-order valence-corrected chi connectivity index (χ0v) is 14.8. The number of aliphatic imine (C=N–C) groups is 1. The van der Waals surface area contributed by atoms with E-state index in [0.717, 1.165) is 12.8 Å². The van der Waals surface area contributed by atoms with Gasteiger partial charge in [0.1, 0.15) is 12.8 Å². The molecule has 23 heavy (non-hydrogen) atoms. The molecule has 0 aromatic carbocycles. The van der Waals surface area contributed by atoms with Crippen LogP contribution < -0.4 is 0 Å². The van der Waals surface area contributed by atoms with Crippen molar-refractivity contribution in [2.24, 2.45) is 4.99 Å². The van der Waals surface area contributed by atoms with E-state index >= 15 is 0 Å². The van der Waals surface area contributed by atoms with Crippen molar-refractivity contribution >= 4 is 23.6 Å². The summed E-state index contributed by atoms with van der Waals surface area (Å²) in [6.07, 6.45) is 1.04. The fourth-order valence-corrected chi connectivity index (χ4v) is 2.63. The Morgan fingerprint density at radius 3 is 2.57 bits per heavy atom. The first-order valence-corrected chi connectivity index (χ1v) is 8.12. The number of hydrogen-bond donors (Lipinski definition) is 0. The van der Waals surface area contributed by atoms with Gasteiger partial charge < -0.3 is 24.0 Å². The Bertz CT molecular complexity index is 499. The molecule has 2 aliphatic heterocycles. The van der Waals surface area contributed by atoms with Gasteiger partial charge in [-0.3, -0.25) is 0 Å². The number of methoxy groups -OCH3 is 1. The quantitative estimate of drug-likeness (QED) is 0.735. The summed E-state index contributed by atoms with van der Waals surface area (Å²) in [5, 5.41) is 0.482. The maximum Gasteiger partial charge on any atom is 0.410 e. The van der Waals surface area contributed by atoms with Crippen LogP contribution in [0.5, 0.6) is 0 Å². The van der Waals surface area contributed by atoms with Gasteiger partial charge in [0.15, 0.2) is 5.16 Å². The van der Waals surface area contributed by atoms with Crippen LogP contribution >= 0.6 is 11.6 Å². The van der Waals surface area contributed by atoms with Crippen LogP contribution in [0.15, 0.2) is 15.9 Å². The second kappa shape index (κ2) is 7.77. The standard InChI is InChI=1S/C15H24ClN3O4/c1-10(2)22-15(20)19-7-5-11(6-8-19)23-14-12(21-4)13(16)18(3)9-17-14/h10-11H,5-9H2,1-4H3. The van der Waals surface area contributed by atoms with Gasteiger partial charge in [-0.25, -0.2) is 9.79 Å². The molecule has 2 rings (SSSR count). The molecule has 0 bridgehead atoms. The molecule has 1 fully saturated rings. The zero-order valence-electron chi connectivity index (χ0n) is 14.0. The summed E-state index contributed by atoms with van der Waals surface area (Å²) in [6, 6.07) is 0. The Kier molecular flexibility index (Phi) is 5.98. The highest BCUT2D eigenvalue weighted by Crippen LogP contribution is 2.23. The number of hydrogen-bond acceptors (Lipinski definition) is 6. The second-order valence-corrected chi connectivity index (χ2v) is 6.22. The largest absolute Gasteiger partial charge is 0.489 e. The third-order valence-corrected chi connectivity index (χ3v) is 4.12. The van der Waals surface area contributed by atoms with Crippen LogP contribution in [-0.4, -0.2) is 67.9 Å². The molecule has 0 aliphatic carbocycles. The van der Waals surface area contributed by atoms with Crippen LogP contribution in [0.25, 0.3) is 0 Å². The van der Waals surface area contributed by atoms with Crippen LogP contribution in [0.2, 0.25) is 0 Å². The van der Waals surface area contributed by atoms with Crippen molar-refractivity contribution in [3.8, 4) is 0 Å². The Labute approximate surface area is 141 Å². The highest BCUT2D eigenvalue weighted by molar-refractivity contribution is 6.31. The van der Waals surface area contributed by atoms with Crippen LogP contribution in [0.1, 0.15) is 26.7 Å². The first kappa shape index (κ1) is 17.7. The Morgan fingerprint density at radius 1 is 1.35 bits per heavy atom. The molecule has 1 amide bonds. The summed E-state index contributed by atoms with van der Waals surface area (Å²) in [7, 11) is 3.38. The number of carbonyl (C=O) groups is 1. The fraction of sp³-hybridized carbons (Fsp3) is 0.733. The molecule has 0 N–H and O–H groups in total. The lowest BCUT2D eigenvalue weighted by Crippen LogP contribution is -2.42. The molecule has 2 heterocycles. The topological polar surface area (TPSA) is 63.6 Å². The van der Waals surface area contributed by atoms with Crippen molar-refractivity contribution in [1.82, 2.24) is 9.80 Å². The van der Waals surface area contributed by atoms with Crippen molar-refractivity contribution in [1.29, 1.82) is 0 Å². The van der Waals surface area contributed by atoms with Gasteiger partial charge in [0.05, 0.1) is 13.2 Å². The van der Waals surface area contributed by atoms with E-state index in [0.29, 0.717) is 36.6 Å². The van der Waals surface area contributed by atoms with Crippen molar-refractivity contribution in [3.63, 3.8) is 0 Å². The molecule has 0 atom stereocenters. The van der Waals surface area contributed by atoms with E-state index in [2.05, 4.69) is 4.99 Å². The summed E-state index contributed by atoms with van der Waals surface area (Å²) >= 11 is 6.21. The molecule has 0 aromatic rings. The van der Waals surface area contributed by atoms with Gasteiger partial charge in [0.25, 0.3) is 5.90 Å². The molecular formula is C15H24ClN3O4. The maximum absolute atomic E-state index is 11.9. The summed E-state index contributed by atoms with van der Waals surface area (Å²) in [5.41, 5.74) is 0. The molecule has 0 unspecified atom stereocenters. The maximum atomic E-state index is 11.9. The average molecular weight is 346 g/mol. The van der Waals surface area contributed by atoms with Gasteiger partial charge in [-0.1, -0.05) is 11.6 Å². The van der Waals surface area contributed by atoms with E-state index in [-0.39, 0.29) is 18.3 Å². The minimum absolute atomic E-state index is 0.0186. The molecular weight excluding hydrogens is 322 g/mol. The predicted molar refractivity (Wildman–Crippen MR) is 87.3 cm³/mol. The minimum Gasteiger partial charge on any atom is -0.489 e. The van der Waals surface area contributed by atoms with Crippen LogP contribution in [0.3, 0.4) is 0 Å². The number of likely N-dealkylation sites (tertiary alicyclic amines) is 1. The van der Waals surface area contributed by atoms with Crippen LogP contribution in [-0.2, 0) is 14.2 Å². The minimum atomic E-state index is -0.268. The Balaban J connectivity index is 1.88. The Morgan fingerprint density at radius 2 is 2.00 bits per heavy atom. The third kappa shape index (κ3) is 4.43. The number of carbonyl (C=O) groups excluding carboxylic acids is 1. The number of piperidine rings is 1. The summed E-state index contributed by atoms with van der Waals surface area (Å²) in [5.74, 6) is 0.876. The van der Waals surface area contributed by atoms with Crippen molar-refractivity contribution in [2.45, 2.75) is 38.9 Å². The van der Waals surface area contributed by atoms with Crippen LogP contribution in [0, 0.1) is 0 Å². The molecule has 7 nitrogen and oxygen atoms in total. The second-order valence-electron chi connectivity index (χ2n) is 5.86. The molecule has 0 saturated carbocycles. The SMILES string of the molecule is COC1=C(Cl)N(C)CN=C1OC1CCN(C(=O)OC(C)C)CC1. The number of nitrogens with zero attached hydrogens (tertiary/aromatic N) is 3. The smallest absolute Gasteiger partial charge is 0.410 e. The number of rotatable bonds is 3. The van der Waals surface area contributed by atoms with Gasteiger partial charge in [-0.15, -0.1) is 0 Å². The highest BCUT2D eigenvalue weighted by atomic mass is 35.5. The zero-order chi connectivity index (χ0) is 17.0. The van der Waals surface area contributed by atoms with Gasteiger partial charge in [-0.05, 0) is 13.8 Å². The van der Waals surface area contributed by atoms with E-state index in [1.807, 2.05) is 20.9 Å². The van der Waals surface area contributed by atoms with Gasteiger partial charge in [0, 0.05) is 33.0 Å². The summed E-state index contributed by atoms with van der Waals surface area (Å²) in [4.78, 5) is 19.7. The van der Waals surface area contributed by atoms with Crippen molar-refractivity contribution < 1.29 is 19.0 Å². The fourth-order valence-electron chi connectivity index (χ4n) is 2.42. The lowest BCUT2D eigenvalue weighted by atomic mass is 10.1. The molecule has 0 aromatic heterocycles. The number of amides is 1. The first-order chi connectivity index (χ1) is 10.9. The predicted octanol–water partition coefficient (Wildman–Crippen LogP) is 2.37. The lowest BCUT2D eigenvalue weighted by molar-refractivity contribution is 0.0474. The van der Waals surface area contributed by atoms with E-state index in [1.54, 1.807) is 16.9 Å². The van der Waals surface area contributed by atoms with E-state index in [4.69, 9.17) is 25.8 Å². The molecule has 0 radical (unpaired) electrons. The molecule has 0 spiro atoms. The molecule has 130 valence electrons. The molecule has 8 heteroatoms. The first-order valence-electron chi connectivity index (χ1n) is 7.74. The van der Waals surface area contributed by atoms with Crippen molar-refractivity contribution in [3.05, 3.63) is 10.9 Å². The van der Waals surface area contributed by atoms with Crippen molar-refractivity contribution in [2.75, 3.05) is 33.9 Å². The summed E-state index contributed by atoms with van der Waals surface area (Å²) < 4.78 is 16.4. The van der Waals surface area contributed by atoms with E-state index in [1.165, 1.54) is 0 Å². The third-order valence-electron chi connectivity index (χ3n) is 3.66. The summed E-state index contributed by atoms with van der Waals surface area (Å²) in [6.45, 7) is 5.32.